The lowest BCUT2D eigenvalue weighted by Gasteiger charge is -2.33. The van der Waals surface area contributed by atoms with Crippen molar-refractivity contribution < 1.29 is 19.2 Å². The second-order valence-electron chi connectivity index (χ2n) is 7.14. The molecule has 0 bridgehead atoms. The average molecular weight is 355 g/mol. The molecule has 2 heterocycles. The maximum Gasteiger partial charge on any atom is 0.326 e. The number of aromatic nitrogens is 2. The zero-order chi connectivity index (χ0) is 18.3. The van der Waals surface area contributed by atoms with Crippen molar-refractivity contribution in [1.82, 2.24) is 15.0 Å². The Morgan fingerprint density at radius 1 is 1.19 bits per heavy atom. The number of carboxylic acids is 1. The number of hydrogen-bond acceptors (Lipinski definition) is 5. The van der Waals surface area contributed by atoms with Crippen LogP contribution in [0.3, 0.4) is 0 Å². The Morgan fingerprint density at radius 3 is 2.58 bits per heavy atom. The van der Waals surface area contributed by atoms with E-state index in [1.807, 2.05) is 0 Å². The van der Waals surface area contributed by atoms with Gasteiger partial charge < -0.3 is 14.5 Å². The Hall–Kier alpha value is -2.70. The molecular weight excluding hydrogens is 334 g/mol. The zero-order valence-electron chi connectivity index (χ0n) is 14.6. The largest absolute Gasteiger partial charge is 0.480 e. The first kappa shape index (κ1) is 16.8. The number of carbonyl (C=O) groups excluding carboxylic acids is 1. The average Bonchev–Trinajstić information content (AvgIpc) is 3.25. The highest BCUT2D eigenvalue weighted by atomic mass is 16.5. The van der Waals surface area contributed by atoms with E-state index in [-0.39, 0.29) is 11.9 Å². The van der Waals surface area contributed by atoms with E-state index in [1.165, 1.54) is 0 Å². The van der Waals surface area contributed by atoms with Gasteiger partial charge in [-0.05, 0) is 56.4 Å². The lowest BCUT2D eigenvalue weighted by atomic mass is 9.84. The molecule has 1 saturated heterocycles. The summed E-state index contributed by atoms with van der Waals surface area (Å²) in [6.45, 7) is 1.74. The molecule has 1 saturated carbocycles. The number of rotatable bonds is 3. The number of hydrogen-bond donors (Lipinski definition) is 1. The molecule has 7 nitrogen and oxygen atoms in total. The Kier molecular flexibility index (Phi) is 4.22. The molecule has 3 atom stereocenters. The van der Waals surface area contributed by atoms with Crippen LogP contribution in [0, 0.1) is 12.8 Å². The Labute approximate surface area is 151 Å². The van der Waals surface area contributed by atoms with Gasteiger partial charge in [-0.3, -0.25) is 4.79 Å². The highest BCUT2D eigenvalue weighted by Crippen LogP contribution is 2.40. The third-order valence-electron chi connectivity index (χ3n) is 5.51. The van der Waals surface area contributed by atoms with Crippen LogP contribution in [0.4, 0.5) is 0 Å². The molecular formula is C19H21N3O4. The topological polar surface area (TPSA) is 96.5 Å². The van der Waals surface area contributed by atoms with Gasteiger partial charge in [0, 0.05) is 17.2 Å². The van der Waals surface area contributed by atoms with Crippen LogP contribution in [-0.4, -0.2) is 44.1 Å². The number of nitrogens with zero attached hydrogens (tertiary/aromatic N) is 3. The Morgan fingerprint density at radius 2 is 1.92 bits per heavy atom. The standard InChI is InChI=1S/C19H21N3O4/c1-11-20-17(26-21-11)12-6-8-13(9-7-12)18(23)22-15-5-3-2-4-14(15)10-16(22)19(24)25/h6-9,14-16H,2-5,10H2,1H3,(H,24,25)/t14-,15-,16+/m1/s1. The molecule has 1 aromatic carbocycles. The van der Waals surface area contributed by atoms with Crippen molar-refractivity contribution in [3.8, 4) is 11.5 Å². The molecule has 1 amide bonds. The normalized spacial score (nSPS) is 25.1. The first-order valence-corrected chi connectivity index (χ1v) is 9.01. The molecule has 4 rings (SSSR count). The summed E-state index contributed by atoms with van der Waals surface area (Å²) in [5.74, 6) is 0.128. The van der Waals surface area contributed by atoms with Crippen molar-refractivity contribution in [1.29, 1.82) is 0 Å². The fourth-order valence-electron chi connectivity index (χ4n) is 4.29. The molecule has 0 spiro atoms. The minimum absolute atomic E-state index is 0.0376. The summed E-state index contributed by atoms with van der Waals surface area (Å²) in [7, 11) is 0. The molecule has 1 aliphatic carbocycles. The lowest BCUT2D eigenvalue weighted by Crippen LogP contribution is -2.46. The van der Waals surface area contributed by atoms with Crippen LogP contribution >= 0.6 is 0 Å². The molecule has 2 fully saturated rings. The predicted octanol–water partition coefficient (Wildman–Crippen LogP) is 2.90. The van der Waals surface area contributed by atoms with Crippen LogP contribution in [0.5, 0.6) is 0 Å². The van der Waals surface area contributed by atoms with Crippen molar-refractivity contribution in [2.24, 2.45) is 5.92 Å². The van der Waals surface area contributed by atoms with Crippen molar-refractivity contribution >= 4 is 11.9 Å². The molecule has 136 valence electrons. The van der Waals surface area contributed by atoms with Crippen molar-refractivity contribution in [2.75, 3.05) is 0 Å². The number of carbonyl (C=O) groups is 2. The molecule has 1 aliphatic heterocycles. The van der Waals surface area contributed by atoms with E-state index in [9.17, 15) is 14.7 Å². The second kappa shape index (κ2) is 6.55. The fraction of sp³-hybridized carbons (Fsp3) is 0.474. The summed E-state index contributed by atoms with van der Waals surface area (Å²) >= 11 is 0. The maximum absolute atomic E-state index is 13.1. The summed E-state index contributed by atoms with van der Waals surface area (Å²) < 4.78 is 5.14. The third kappa shape index (κ3) is 2.87. The van der Waals surface area contributed by atoms with Crippen molar-refractivity contribution in [3.05, 3.63) is 35.7 Å². The number of amides is 1. The summed E-state index contributed by atoms with van der Waals surface area (Å²) in [5.41, 5.74) is 1.22. The van der Waals surface area contributed by atoms with Gasteiger partial charge in [-0.2, -0.15) is 4.98 Å². The van der Waals surface area contributed by atoms with Crippen molar-refractivity contribution in [3.63, 3.8) is 0 Å². The smallest absolute Gasteiger partial charge is 0.326 e. The van der Waals surface area contributed by atoms with E-state index in [0.29, 0.717) is 29.6 Å². The molecule has 2 aliphatic rings. The van der Waals surface area contributed by atoms with Gasteiger partial charge in [0.1, 0.15) is 6.04 Å². The van der Waals surface area contributed by atoms with Gasteiger partial charge >= 0.3 is 5.97 Å². The maximum atomic E-state index is 13.1. The molecule has 26 heavy (non-hydrogen) atoms. The van der Waals surface area contributed by atoms with Crippen LogP contribution in [0.25, 0.3) is 11.5 Å². The first-order valence-electron chi connectivity index (χ1n) is 9.01. The molecule has 0 radical (unpaired) electrons. The van der Waals surface area contributed by atoms with E-state index in [2.05, 4.69) is 10.1 Å². The summed E-state index contributed by atoms with van der Waals surface area (Å²) in [6, 6.07) is 6.22. The SMILES string of the molecule is Cc1noc(-c2ccc(C(=O)N3[C@@H]4CCCC[C@@H]4C[C@H]3C(=O)O)cc2)n1. The highest BCUT2D eigenvalue weighted by molar-refractivity contribution is 5.97. The summed E-state index contributed by atoms with van der Waals surface area (Å²) in [5, 5.41) is 13.4. The van der Waals surface area contributed by atoms with Gasteiger partial charge in [-0.25, -0.2) is 4.79 Å². The minimum Gasteiger partial charge on any atom is -0.480 e. The first-order chi connectivity index (χ1) is 12.5. The number of carboxylic acid groups (broad SMARTS) is 1. The Balaban J connectivity index is 1.60. The third-order valence-corrected chi connectivity index (χ3v) is 5.51. The molecule has 2 aromatic rings. The van der Waals surface area contributed by atoms with Crippen LogP contribution in [0.15, 0.2) is 28.8 Å². The minimum atomic E-state index is -0.911. The van der Waals surface area contributed by atoms with Crippen LogP contribution in [-0.2, 0) is 4.79 Å². The fourth-order valence-corrected chi connectivity index (χ4v) is 4.29. The Bertz CT molecular complexity index is 830. The number of fused-ring (bicyclic) bond motifs is 1. The molecule has 1 aromatic heterocycles. The van der Waals surface area contributed by atoms with E-state index < -0.39 is 12.0 Å². The molecule has 1 N–H and O–H groups in total. The van der Waals surface area contributed by atoms with E-state index in [0.717, 1.165) is 31.2 Å². The quantitative estimate of drug-likeness (QED) is 0.909. The molecule has 7 heteroatoms. The zero-order valence-corrected chi connectivity index (χ0v) is 14.6. The predicted molar refractivity (Wildman–Crippen MR) is 92.4 cm³/mol. The van der Waals surface area contributed by atoms with E-state index in [1.54, 1.807) is 36.1 Å². The van der Waals surface area contributed by atoms with Gasteiger partial charge in [0.15, 0.2) is 5.82 Å². The van der Waals surface area contributed by atoms with Crippen LogP contribution < -0.4 is 0 Å². The van der Waals surface area contributed by atoms with Gasteiger partial charge in [0.05, 0.1) is 0 Å². The lowest BCUT2D eigenvalue weighted by molar-refractivity contribution is -0.141. The summed E-state index contributed by atoms with van der Waals surface area (Å²) in [4.78, 5) is 30.6. The van der Waals surface area contributed by atoms with Crippen LogP contribution in [0.2, 0.25) is 0 Å². The molecule has 0 unspecified atom stereocenters. The van der Waals surface area contributed by atoms with Crippen molar-refractivity contribution in [2.45, 2.75) is 51.1 Å². The second-order valence-corrected chi connectivity index (χ2v) is 7.14. The number of aryl methyl sites for hydroxylation is 1. The van der Waals surface area contributed by atoms with Gasteiger partial charge in [-0.15, -0.1) is 0 Å². The monoisotopic (exact) mass is 355 g/mol. The highest BCUT2D eigenvalue weighted by Gasteiger charge is 2.47. The number of aliphatic carboxylic acids is 1. The van der Waals surface area contributed by atoms with Gasteiger partial charge in [0.2, 0.25) is 0 Å². The van der Waals surface area contributed by atoms with Crippen LogP contribution in [0.1, 0.15) is 48.3 Å². The van der Waals surface area contributed by atoms with E-state index >= 15 is 0 Å². The number of benzene rings is 1. The van der Waals surface area contributed by atoms with Gasteiger partial charge in [0.25, 0.3) is 11.8 Å². The van der Waals surface area contributed by atoms with E-state index in [4.69, 9.17) is 4.52 Å². The van der Waals surface area contributed by atoms with Gasteiger partial charge in [-0.1, -0.05) is 18.0 Å². The number of likely N-dealkylation sites (tertiary alicyclic amines) is 1. The summed E-state index contributed by atoms with van der Waals surface area (Å²) in [6.07, 6.45) is 4.62.